The number of fused-ring (bicyclic) bond motifs is 1. The number of pyridine rings is 1. The molecule has 4 rings (SSSR count). The summed E-state index contributed by atoms with van der Waals surface area (Å²) in [6.45, 7) is 2.57. The van der Waals surface area contributed by atoms with Gasteiger partial charge in [-0.1, -0.05) is 64.5 Å². The molecule has 0 saturated carbocycles. The van der Waals surface area contributed by atoms with Crippen molar-refractivity contribution in [3.8, 4) is 0 Å². The largest absolute Gasteiger partial charge is 0.283 e. The molecule has 4 aromatic rings. The first-order chi connectivity index (χ1) is 14.1. The fourth-order valence-electron chi connectivity index (χ4n) is 3.10. The van der Waals surface area contributed by atoms with Crippen LogP contribution in [-0.2, 0) is 24.2 Å². The van der Waals surface area contributed by atoms with E-state index in [0.717, 1.165) is 32.2 Å². The molecular formula is C23H20BrN3OS. The first-order valence-corrected chi connectivity index (χ1v) is 11.1. The van der Waals surface area contributed by atoms with Crippen LogP contribution in [0, 0.1) is 0 Å². The fraction of sp³-hybridized carbons (Fsp3) is 0.174. The fourth-order valence-corrected chi connectivity index (χ4v) is 4.64. The van der Waals surface area contributed by atoms with Crippen molar-refractivity contribution in [1.82, 2.24) is 9.97 Å². The van der Waals surface area contributed by atoms with Crippen LogP contribution in [0.5, 0.6) is 0 Å². The second kappa shape index (κ2) is 8.84. The zero-order valence-corrected chi connectivity index (χ0v) is 18.4. The number of anilines is 1. The third-order valence-corrected chi connectivity index (χ3v) is 6.26. The third-order valence-electron chi connectivity index (χ3n) is 4.72. The molecule has 0 N–H and O–H groups in total. The Balaban J connectivity index is 1.65. The van der Waals surface area contributed by atoms with E-state index in [4.69, 9.17) is 4.98 Å². The number of amides is 1. The number of hydrogen-bond acceptors (Lipinski definition) is 4. The van der Waals surface area contributed by atoms with Crippen molar-refractivity contribution >= 4 is 48.5 Å². The van der Waals surface area contributed by atoms with Crippen LogP contribution >= 0.6 is 27.3 Å². The summed E-state index contributed by atoms with van der Waals surface area (Å²) < 4.78 is 2.05. The Kier molecular flexibility index (Phi) is 6.02. The molecule has 0 aliphatic rings. The highest BCUT2D eigenvalue weighted by molar-refractivity contribution is 9.10. The van der Waals surface area contributed by atoms with Crippen LogP contribution in [0.4, 0.5) is 5.13 Å². The summed E-state index contributed by atoms with van der Waals surface area (Å²) >= 11 is 5.03. The lowest BCUT2D eigenvalue weighted by Gasteiger charge is -2.20. The van der Waals surface area contributed by atoms with Crippen molar-refractivity contribution in [3.63, 3.8) is 0 Å². The van der Waals surface area contributed by atoms with Crippen molar-refractivity contribution < 1.29 is 4.79 Å². The topological polar surface area (TPSA) is 46.1 Å². The van der Waals surface area contributed by atoms with E-state index in [1.54, 1.807) is 17.3 Å². The summed E-state index contributed by atoms with van der Waals surface area (Å²) in [5, 5.41) is 0.706. The smallest absolute Gasteiger partial charge is 0.233 e. The summed E-state index contributed by atoms with van der Waals surface area (Å²) in [7, 11) is 0. The zero-order chi connectivity index (χ0) is 20.2. The van der Waals surface area contributed by atoms with E-state index in [9.17, 15) is 4.79 Å². The van der Waals surface area contributed by atoms with Crippen molar-refractivity contribution in [3.05, 3.63) is 88.2 Å². The number of benzene rings is 2. The highest BCUT2D eigenvalue weighted by Gasteiger charge is 2.21. The van der Waals surface area contributed by atoms with Crippen LogP contribution in [0.1, 0.15) is 23.6 Å². The highest BCUT2D eigenvalue weighted by Crippen LogP contribution is 2.32. The normalized spacial score (nSPS) is 11.0. The van der Waals surface area contributed by atoms with Gasteiger partial charge in [-0.25, -0.2) is 4.98 Å². The molecule has 2 aromatic carbocycles. The number of halogens is 1. The minimum atomic E-state index is 0.0243. The van der Waals surface area contributed by atoms with E-state index in [-0.39, 0.29) is 5.91 Å². The van der Waals surface area contributed by atoms with E-state index in [1.165, 1.54) is 16.9 Å². The quantitative estimate of drug-likeness (QED) is 0.361. The average Bonchev–Trinajstić information content (AvgIpc) is 3.16. The van der Waals surface area contributed by atoms with Gasteiger partial charge >= 0.3 is 0 Å². The Morgan fingerprint density at radius 2 is 1.86 bits per heavy atom. The molecular weight excluding hydrogens is 446 g/mol. The number of hydrogen-bond donors (Lipinski definition) is 0. The van der Waals surface area contributed by atoms with Gasteiger partial charge in [-0.05, 0) is 47.4 Å². The number of carbonyl (C=O) groups is 1. The van der Waals surface area contributed by atoms with Crippen LogP contribution in [0.15, 0.2) is 71.5 Å². The molecule has 0 atom stereocenters. The van der Waals surface area contributed by atoms with Gasteiger partial charge in [-0.15, -0.1) is 0 Å². The van der Waals surface area contributed by atoms with Crippen molar-refractivity contribution in [2.45, 2.75) is 26.3 Å². The zero-order valence-electron chi connectivity index (χ0n) is 16.0. The summed E-state index contributed by atoms with van der Waals surface area (Å²) in [6, 6.07) is 18.1. The Hall–Kier alpha value is -2.57. The lowest BCUT2D eigenvalue weighted by molar-refractivity contribution is -0.118. The molecule has 0 radical (unpaired) electrons. The lowest BCUT2D eigenvalue weighted by atomic mass is 10.1. The van der Waals surface area contributed by atoms with E-state index in [2.05, 4.69) is 40.0 Å². The van der Waals surface area contributed by atoms with E-state index in [0.29, 0.717) is 18.1 Å². The molecule has 0 bridgehead atoms. The van der Waals surface area contributed by atoms with Gasteiger partial charge in [-0.2, -0.15) is 0 Å². The number of rotatable bonds is 6. The van der Waals surface area contributed by atoms with Gasteiger partial charge in [-0.3, -0.25) is 14.7 Å². The monoisotopic (exact) mass is 465 g/mol. The van der Waals surface area contributed by atoms with Gasteiger partial charge in [0.25, 0.3) is 0 Å². The third kappa shape index (κ3) is 4.71. The summed E-state index contributed by atoms with van der Waals surface area (Å²) in [5.41, 5.74) is 4.14. The molecule has 0 fully saturated rings. The molecule has 2 heterocycles. The van der Waals surface area contributed by atoms with E-state index < -0.39 is 0 Å². The lowest BCUT2D eigenvalue weighted by Crippen LogP contribution is -2.31. The Bertz CT molecular complexity index is 1130. The molecule has 4 nitrogen and oxygen atoms in total. The number of thiazole rings is 1. The molecule has 29 heavy (non-hydrogen) atoms. The molecule has 146 valence electrons. The van der Waals surface area contributed by atoms with Gasteiger partial charge in [0.1, 0.15) is 0 Å². The molecule has 6 heteroatoms. The number of nitrogens with zero attached hydrogens (tertiary/aromatic N) is 3. The maximum absolute atomic E-state index is 13.3. The predicted octanol–water partition coefficient (Wildman–Crippen LogP) is 5.79. The van der Waals surface area contributed by atoms with E-state index in [1.807, 2.05) is 42.5 Å². The maximum atomic E-state index is 13.3. The van der Waals surface area contributed by atoms with E-state index >= 15 is 0 Å². The Labute approximate surface area is 182 Å². The first kappa shape index (κ1) is 19.7. The van der Waals surface area contributed by atoms with Crippen LogP contribution in [0.25, 0.3) is 10.2 Å². The molecule has 0 aliphatic carbocycles. The number of aryl methyl sites for hydroxylation is 1. The molecule has 0 spiro atoms. The minimum absolute atomic E-state index is 0.0243. The average molecular weight is 466 g/mol. The van der Waals surface area contributed by atoms with Crippen molar-refractivity contribution in [2.24, 2.45) is 0 Å². The summed E-state index contributed by atoms with van der Waals surface area (Å²) in [6.07, 6.45) is 4.85. The predicted molar refractivity (Wildman–Crippen MR) is 122 cm³/mol. The van der Waals surface area contributed by atoms with Crippen molar-refractivity contribution in [1.29, 1.82) is 0 Å². The summed E-state index contributed by atoms with van der Waals surface area (Å²) in [5.74, 6) is 0.0243. The second-order valence-electron chi connectivity index (χ2n) is 6.80. The Morgan fingerprint density at radius 3 is 2.59 bits per heavy atom. The van der Waals surface area contributed by atoms with Crippen LogP contribution < -0.4 is 4.90 Å². The standard InChI is InChI=1S/C23H20BrN3OS/c1-2-16-5-7-17(8-6-16)12-22(28)27(15-18-4-3-11-25-14-18)23-26-20-10-9-19(24)13-21(20)29-23/h3-11,13-14H,2,12,15H2,1H3. The van der Waals surface area contributed by atoms with Gasteiger partial charge in [0.2, 0.25) is 5.91 Å². The maximum Gasteiger partial charge on any atom is 0.233 e. The van der Waals surface area contributed by atoms with Crippen molar-refractivity contribution in [2.75, 3.05) is 4.90 Å². The Morgan fingerprint density at radius 1 is 1.07 bits per heavy atom. The summed E-state index contributed by atoms with van der Waals surface area (Å²) in [4.78, 5) is 24.0. The molecule has 2 aromatic heterocycles. The van der Waals surface area contributed by atoms with Crippen LogP contribution in [0.2, 0.25) is 0 Å². The van der Waals surface area contributed by atoms with Gasteiger partial charge in [0.05, 0.1) is 23.2 Å². The van der Waals surface area contributed by atoms with Crippen LogP contribution in [0.3, 0.4) is 0 Å². The number of aromatic nitrogens is 2. The minimum Gasteiger partial charge on any atom is -0.283 e. The van der Waals surface area contributed by atoms with Gasteiger partial charge in [0, 0.05) is 16.9 Å². The SMILES string of the molecule is CCc1ccc(CC(=O)N(Cc2cccnc2)c2nc3ccc(Br)cc3s2)cc1. The number of carbonyl (C=O) groups excluding carboxylic acids is 1. The van der Waals surface area contributed by atoms with Crippen LogP contribution in [-0.4, -0.2) is 15.9 Å². The van der Waals surface area contributed by atoms with Gasteiger partial charge in [0.15, 0.2) is 5.13 Å². The second-order valence-corrected chi connectivity index (χ2v) is 8.72. The molecule has 0 saturated heterocycles. The highest BCUT2D eigenvalue weighted by atomic mass is 79.9. The first-order valence-electron chi connectivity index (χ1n) is 9.45. The molecule has 0 unspecified atom stereocenters. The van der Waals surface area contributed by atoms with Gasteiger partial charge < -0.3 is 0 Å². The molecule has 1 amide bonds. The molecule has 0 aliphatic heterocycles.